The molecule has 0 aliphatic heterocycles. The molecule has 0 aliphatic rings. The molecule has 0 amide bonds. The van der Waals surface area contributed by atoms with E-state index in [1.54, 1.807) is 12.4 Å². The van der Waals surface area contributed by atoms with Gasteiger partial charge in [0.05, 0.1) is 6.20 Å². The highest BCUT2D eigenvalue weighted by Crippen LogP contribution is 2.32. The average molecular weight is 511 g/mol. The van der Waals surface area contributed by atoms with Crippen molar-refractivity contribution in [2.75, 3.05) is 0 Å². The zero-order chi connectivity index (χ0) is 25.5. The molecular weight excluding hydrogens is 492 g/mol. The third-order valence-electron chi connectivity index (χ3n) is 6.59. The SMILES string of the molecule is Clc1nc(-c2cccc(-c3ccc(-c4ccccc4)cc3)c2)nc(-c2ccc3oc4cnccc4c3c2)n1. The van der Waals surface area contributed by atoms with Crippen LogP contribution >= 0.6 is 11.6 Å². The van der Waals surface area contributed by atoms with Gasteiger partial charge in [-0.25, -0.2) is 4.98 Å². The van der Waals surface area contributed by atoms with E-state index in [9.17, 15) is 0 Å². The second-order valence-electron chi connectivity index (χ2n) is 8.96. The van der Waals surface area contributed by atoms with Gasteiger partial charge in [0.15, 0.2) is 17.2 Å². The summed E-state index contributed by atoms with van der Waals surface area (Å²) in [6.07, 6.45) is 3.47. The van der Waals surface area contributed by atoms with Crippen LogP contribution in [0, 0.1) is 0 Å². The first-order valence-electron chi connectivity index (χ1n) is 12.2. The van der Waals surface area contributed by atoms with Crippen LogP contribution in [0.5, 0.6) is 0 Å². The van der Waals surface area contributed by atoms with E-state index < -0.39 is 0 Å². The number of benzene rings is 4. The van der Waals surface area contributed by atoms with Crippen molar-refractivity contribution in [3.05, 3.63) is 121 Å². The van der Waals surface area contributed by atoms with Gasteiger partial charge in [-0.3, -0.25) is 4.98 Å². The molecule has 4 aromatic carbocycles. The normalized spacial score (nSPS) is 11.3. The molecule has 0 unspecified atom stereocenters. The number of fused-ring (bicyclic) bond motifs is 3. The smallest absolute Gasteiger partial charge is 0.226 e. The monoisotopic (exact) mass is 510 g/mol. The number of hydrogen-bond acceptors (Lipinski definition) is 5. The number of hydrogen-bond donors (Lipinski definition) is 0. The summed E-state index contributed by atoms with van der Waals surface area (Å²) in [7, 11) is 0. The van der Waals surface area contributed by atoms with E-state index in [2.05, 4.69) is 63.5 Å². The molecule has 7 aromatic rings. The maximum atomic E-state index is 6.39. The van der Waals surface area contributed by atoms with E-state index in [1.165, 1.54) is 11.1 Å². The van der Waals surface area contributed by atoms with Crippen molar-refractivity contribution >= 4 is 33.5 Å². The van der Waals surface area contributed by atoms with Crippen molar-refractivity contribution < 1.29 is 4.42 Å². The van der Waals surface area contributed by atoms with Gasteiger partial charge in [-0.2, -0.15) is 9.97 Å². The quantitative estimate of drug-likeness (QED) is 0.237. The topological polar surface area (TPSA) is 64.7 Å². The summed E-state index contributed by atoms with van der Waals surface area (Å²) >= 11 is 6.39. The van der Waals surface area contributed by atoms with Crippen LogP contribution < -0.4 is 0 Å². The zero-order valence-corrected chi connectivity index (χ0v) is 20.8. The van der Waals surface area contributed by atoms with Gasteiger partial charge in [0.2, 0.25) is 5.28 Å². The first-order valence-corrected chi connectivity index (χ1v) is 12.5. The van der Waals surface area contributed by atoms with Crippen molar-refractivity contribution in [2.45, 2.75) is 0 Å². The summed E-state index contributed by atoms with van der Waals surface area (Å²) in [5.74, 6) is 1.02. The highest BCUT2D eigenvalue weighted by Gasteiger charge is 2.13. The molecule has 3 heterocycles. The minimum Gasteiger partial charge on any atom is -0.454 e. The first kappa shape index (κ1) is 22.3. The fourth-order valence-electron chi connectivity index (χ4n) is 4.70. The Labute approximate surface area is 223 Å². The van der Waals surface area contributed by atoms with Crippen molar-refractivity contribution in [1.82, 2.24) is 19.9 Å². The van der Waals surface area contributed by atoms with Crippen LogP contribution in [0.25, 0.3) is 67.0 Å². The number of aromatic nitrogens is 4. The van der Waals surface area contributed by atoms with E-state index in [-0.39, 0.29) is 5.28 Å². The Bertz CT molecular complexity index is 1930. The number of rotatable bonds is 4. The molecule has 38 heavy (non-hydrogen) atoms. The van der Waals surface area contributed by atoms with Gasteiger partial charge in [0, 0.05) is 28.1 Å². The number of pyridine rings is 1. The maximum Gasteiger partial charge on any atom is 0.226 e. The predicted molar refractivity (Wildman–Crippen MR) is 152 cm³/mol. The largest absolute Gasteiger partial charge is 0.454 e. The number of nitrogens with zero attached hydrogens (tertiary/aromatic N) is 4. The van der Waals surface area contributed by atoms with Crippen molar-refractivity contribution in [2.24, 2.45) is 0 Å². The highest BCUT2D eigenvalue weighted by molar-refractivity contribution is 6.28. The third-order valence-corrected chi connectivity index (χ3v) is 6.76. The van der Waals surface area contributed by atoms with Gasteiger partial charge >= 0.3 is 0 Å². The third kappa shape index (κ3) is 4.09. The number of halogens is 1. The summed E-state index contributed by atoms with van der Waals surface area (Å²) in [5.41, 5.74) is 7.76. The first-order chi connectivity index (χ1) is 18.7. The van der Waals surface area contributed by atoms with Crippen molar-refractivity contribution in [3.8, 4) is 45.0 Å². The van der Waals surface area contributed by atoms with Crippen LogP contribution in [-0.4, -0.2) is 19.9 Å². The van der Waals surface area contributed by atoms with Gasteiger partial charge in [0.25, 0.3) is 0 Å². The number of furan rings is 1. The second-order valence-corrected chi connectivity index (χ2v) is 9.30. The summed E-state index contributed by atoms with van der Waals surface area (Å²) in [6, 6.07) is 34.8. The van der Waals surface area contributed by atoms with Gasteiger partial charge in [-0.05, 0) is 64.2 Å². The van der Waals surface area contributed by atoms with Crippen LogP contribution in [-0.2, 0) is 0 Å². The molecule has 0 saturated heterocycles. The molecule has 0 bridgehead atoms. The fraction of sp³-hybridized carbons (Fsp3) is 0. The maximum absolute atomic E-state index is 6.39. The summed E-state index contributed by atoms with van der Waals surface area (Å²) in [6.45, 7) is 0. The minimum absolute atomic E-state index is 0.143. The van der Waals surface area contributed by atoms with Crippen LogP contribution in [0.1, 0.15) is 0 Å². The molecule has 0 saturated carbocycles. The van der Waals surface area contributed by atoms with Crippen LogP contribution in [0.15, 0.2) is 120 Å². The van der Waals surface area contributed by atoms with E-state index in [0.29, 0.717) is 11.6 Å². The molecule has 0 fully saturated rings. The van der Waals surface area contributed by atoms with Gasteiger partial charge in [-0.1, -0.05) is 72.8 Å². The minimum atomic E-state index is 0.143. The zero-order valence-electron chi connectivity index (χ0n) is 20.0. The fourth-order valence-corrected chi connectivity index (χ4v) is 4.86. The van der Waals surface area contributed by atoms with Gasteiger partial charge in [-0.15, -0.1) is 0 Å². The molecular formula is C32H19ClN4O. The van der Waals surface area contributed by atoms with Crippen molar-refractivity contribution in [1.29, 1.82) is 0 Å². The second kappa shape index (κ2) is 9.21. The summed E-state index contributed by atoms with van der Waals surface area (Å²) in [5, 5.41) is 2.10. The summed E-state index contributed by atoms with van der Waals surface area (Å²) in [4.78, 5) is 17.8. The lowest BCUT2D eigenvalue weighted by molar-refractivity contribution is 0.667. The van der Waals surface area contributed by atoms with Crippen LogP contribution in [0.2, 0.25) is 5.28 Å². The van der Waals surface area contributed by atoms with Crippen LogP contribution in [0.3, 0.4) is 0 Å². The lowest BCUT2D eigenvalue weighted by Crippen LogP contribution is -1.97. The Hall–Kier alpha value is -4.87. The Morgan fingerprint density at radius 3 is 1.92 bits per heavy atom. The molecule has 7 rings (SSSR count). The molecule has 0 spiro atoms. The molecule has 3 aromatic heterocycles. The van der Waals surface area contributed by atoms with E-state index in [0.717, 1.165) is 44.2 Å². The molecule has 5 nitrogen and oxygen atoms in total. The Morgan fingerprint density at radius 2 is 1.13 bits per heavy atom. The average Bonchev–Trinajstić information content (AvgIpc) is 3.35. The Kier molecular flexibility index (Phi) is 5.42. The van der Waals surface area contributed by atoms with Crippen LogP contribution in [0.4, 0.5) is 0 Å². The predicted octanol–water partition coefficient (Wildman–Crippen LogP) is 8.49. The highest BCUT2D eigenvalue weighted by atomic mass is 35.5. The van der Waals surface area contributed by atoms with Crippen molar-refractivity contribution in [3.63, 3.8) is 0 Å². The Morgan fingerprint density at radius 1 is 0.500 bits per heavy atom. The lowest BCUT2D eigenvalue weighted by Gasteiger charge is -2.08. The molecule has 0 radical (unpaired) electrons. The molecule has 0 N–H and O–H groups in total. The molecule has 6 heteroatoms. The molecule has 0 atom stereocenters. The molecule has 180 valence electrons. The molecule has 0 aliphatic carbocycles. The van der Waals surface area contributed by atoms with Gasteiger partial charge in [0.1, 0.15) is 5.58 Å². The Balaban J connectivity index is 1.25. The van der Waals surface area contributed by atoms with E-state index in [4.69, 9.17) is 21.0 Å². The lowest BCUT2D eigenvalue weighted by atomic mass is 9.99. The van der Waals surface area contributed by atoms with E-state index in [1.807, 2.05) is 54.6 Å². The van der Waals surface area contributed by atoms with E-state index >= 15 is 0 Å². The van der Waals surface area contributed by atoms with Gasteiger partial charge < -0.3 is 4.42 Å². The summed E-state index contributed by atoms with van der Waals surface area (Å²) < 4.78 is 5.91. The standard InChI is InChI=1S/C32H19ClN4O/c33-32-36-30(35-31(37-32)25-13-14-28-27(18-25)26-15-16-34-19-29(26)38-28)24-8-4-7-23(17-24)22-11-9-21(10-12-22)20-5-2-1-3-6-20/h1-19H.